The number of hydrogen-bond donors (Lipinski definition) is 1. The predicted octanol–water partition coefficient (Wildman–Crippen LogP) is 2.81. The Hall–Kier alpha value is -1.11. The van der Waals surface area contributed by atoms with Crippen LogP contribution in [0.15, 0.2) is 22.7 Å². The summed E-state index contributed by atoms with van der Waals surface area (Å²) >= 11 is 9.39. The lowest BCUT2D eigenvalue weighted by Crippen LogP contribution is -2.37. The molecule has 2 rings (SSSR count). The van der Waals surface area contributed by atoms with Gasteiger partial charge in [-0.1, -0.05) is 27.5 Å². The summed E-state index contributed by atoms with van der Waals surface area (Å²) in [6, 6.07) is 4.63. The number of rotatable bonds is 4. The Morgan fingerprint density at radius 3 is 2.81 bits per heavy atom. The molecule has 1 fully saturated rings. The van der Waals surface area contributed by atoms with Crippen molar-refractivity contribution in [2.75, 3.05) is 13.7 Å². The van der Waals surface area contributed by atoms with Gasteiger partial charge < -0.3 is 14.7 Å². The Balaban J connectivity index is 2.24. The average Bonchev–Trinajstić information content (AvgIpc) is 2.80. The third kappa shape index (κ3) is 3.75. The molecule has 2 unspecified atom stereocenters. The molecule has 21 heavy (non-hydrogen) atoms. The predicted molar refractivity (Wildman–Crippen MR) is 81.6 cm³/mol. The summed E-state index contributed by atoms with van der Waals surface area (Å²) in [6.45, 7) is 0.375. The van der Waals surface area contributed by atoms with Gasteiger partial charge in [0.15, 0.2) is 0 Å². The van der Waals surface area contributed by atoms with Crippen molar-refractivity contribution in [3.63, 3.8) is 0 Å². The normalized spacial score (nSPS) is 21.6. The van der Waals surface area contributed by atoms with Crippen LogP contribution in [0.2, 0.25) is 5.02 Å². The zero-order valence-electron chi connectivity index (χ0n) is 11.4. The number of benzene rings is 1. The molecule has 5 nitrogen and oxygen atoms in total. The summed E-state index contributed by atoms with van der Waals surface area (Å²) < 4.78 is 6.04. The van der Waals surface area contributed by atoms with E-state index in [1.165, 1.54) is 4.90 Å². The minimum atomic E-state index is -0.934. The van der Waals surface area contributed by atoms with Gasteiger partial charge in [-0.05, 0) is 24.6 Å². The fraction of sp³-hybridized carbons (Fsp3) is 0.429. The summed E-state index contributed by atoms with van der Waals surface area (Å²) in [5.41, 5.74) is 0.368. The van der Waals surface area contributed by atoms with Crippen molar-refractivity contribution >= 4 is 39.4 Å². The van der Waals surface area contributed by atoms with Gasteiger partial charge in [0.1, 0.15) is 0 Å². The van der Waals surface area contributed by atoms with Gasteiger partial charge in [0.25, 0.3) is 5.91 Å². The van der Waals surface area contributed by atoms with Crippen LogP contribution in [0, 0.1) is 0 Å². The van der Waals surface area contributed by atoms with E-state index >= 15 is 0 Å². The molecule has 0 spiro atoms. The number of carbonyl (C=O) groups is 2. The van der Waals surface area contributed by atoms with Gasteiger partial charge in [-0.25, -0.2) is 0 Å². The Morgan fingerprint density at radius 1 is 1.52 bits per heavy atom. The molecule has 1 saturated heterocycles. The second-order valence-corrected chi connectivity index (χ2v) is 6.25. The van der Waals surface area contributed by atoms with Crippen molar-refractivity contribution in [3.8, 4) is 0 Å². The first-order chi connectivity index (χ1) is 9.92. The van der Waals surface area contributed by atoms with E-state index in [1.54, 1.807) is 25.3 Å². The van der Waals surface area contributed by atoms with E-state index in [0.717, 1.165) is 4.47 Å². The van der Waals surface area contributed by atoms with Crippen LogP contribution in [0.3, 0.4) is 0 Å². The van der Waals surface area contributed by atoms with E-state index in [-0.39, 0.29) is 24.5 Å². The van der Waals surface area contributed by atoms with Crippen LogP contribution in [0.5, 0.6) is 0 Å². The smallest absolute Gasteiger partial charge is 0.305 e. The van der Waals surface area contributed by atoms with Crippen LogP contribution < -0.4 is 0 Å². The molecule has 0 bridgehead atoms. The molecule has 1 aromatic carbocycles. The minimum absolute atomic E-state index is 0.0975. The van der Waals surface area contributed by atoms with Crippen molar-refractivity contribution < 1.29 is 19.4 Å². The van der Waals surface area contributed by atoms with E-state index < -0.39 is 5.97 Å². The molecule has 1 aromatic rings. The fourth-order valence-corrected chi connectivity index (χ4v) is 3.26. The van der Waals surface area contributed by atoms with Gasteiger partial charge in [0, 0.05) is 24.2 Å². The number of halogens is 2. The number of aliphatic carboxylic acids is 1. The molecule has 2 atom stereocenters. The third-order valence-corrected chi connectivity index (χ3v) is 4.35. The molecular formula is C14H15BrClNO4. The first-order valence-corrected chi connectivity index (χ1v) is 7.60. The lowest BCUT2D eigenvalue weighted by molar-refractivity contribution is -0.137. The molecule has 1 aliphatic rings. The highest BCUT2D eigenvalue weighted by Crippen LogP contribution is 2.28. The maximum Gasteiger partial charge on any atom is 0.305 e. The summed E-state index contributed by atoms with van der Waals surface area (Å²) in [6.07, 6.45) is 0.273. The Bertz CT molecular complexity index is 566. The second-order valence-electron chi connectivity index (χ2n) is 4.93. The molecular weight excluding hydrogens is 362 g/mol. The highest BCUT2D eigenvalue weighted by atomic mass is 79.9. The molecule has 1 amide bonds. The largest absolute Gasteiger partial charge is 0.481 e. The number of carboxylic acid groups (broad SMARTS) is 1. The van der Waals surface area contributed by atoms with E-state index in [9.17, 15) is 9.59 Å². The number of carboxylic acids is 1. The van der Waals surface area contributed by atoms with Crippen molar-refractivity contribution in [2.45, 2.75) is 25.0 Å². The minimum Gasteiger partial charge on any atom is -0.481 e. The molecule has 1 heterocycles. The first-order valence-electron chi connectivity index (χ1n) is 6.43. The molecule has 1 N–H and O–H groups in total. The topological polar surface area (TPSA) is 66.8 Å². The van der Waals surface area contributed by atoms with Gasteiger partial charge in [0.2, 0.25) is 0 Å². The zero-order valence-corrected chi connectivity index (χ0v) is 13.7. The summed E-state index contributed by atoms with van der Waals surface area (Å²) in [5.74, 6) is -1.20. The van der Waals surface area contributed by atoms with E-state index in [0.29, 0.717) is 23.6 Å². The first kappa shape index (κ1) is 16.3. The zero-order chi connectivity index (χ0) is 15.6. The standard InChI is InChI=1S/C14H15BrClNO4/c1-21-10-5-9(6-13(18)19)17(7-10)14(20)11-3-2-8(15)4-12(11)16/h2-4,9-10H,5-7H2,1H3,(H,18,19). The maximum absolute atomic E-state index is 12.6. The highest BCUT2D eigenvalue weighted by Gasteiger charge is 2.37. The number of nitrogens with zero attached hydrogens (tertiary/aromatic N) is 1. The van der Waals surface area contributed by atoms with E-state index in [2.05, 4.69) is 15.9 Å². The van der Waals surface area contributed by atoms with Crippen LogP contribution in [0.25, 0.3) is 0 Å². The average molecular weight is 377 g/mol. The van der Waals surface area contributed by atoms with Crippen LogP contribution in [-0.2, 0) is 9.53 Å². The summed E-state index contributed by atoms with van der Waals surface area (Å²) in [4.78, 5) is 25.1. The molecule has 7 heteroatoms. The van der Waals surface area contributed by atoms with Crippen LogP contribution in [0.1, 0.15) is 23.2 Å². The van der Waals surface area contributed by atoms with Gasteiger partial charge >= 0.3 is 5.97 Å². The molecule has 0 aromatic heterocycles. The number of likely N-dealkylation sites (tertiary alicyclic amines) is 1. The molecule has 1 aliphatic heterocycles. The number of methoxy groups -OCH3 is 1. The molecule has 0 saturated carbocycles. The van der Waals surface area contributed by atoms with Crippen LogP contribution >= 0.6 is 27.5 Å². The van der Waals surface area contributed by atoms with Gasteiger partial charge in [-0.2, -0.15) is 0 Å². The van der Waals surface area contributed by atoms with Crippen molar-refractivity contribution in [1.82, 2.24) is 4.90 Å². The Kier molecular flexibility index (Phi) is 5.24. The lowest BCUT2D eigenvalue weighted by atomic mass is 10.1. The maximum atomic E-state index is 12.6. The van der Waals surface area contributed by atoms with Crippen LogP contribution in [-0.4, -0.2) is 47.7 Å². The number of carbonyl (C=O) groups excluding carboxylic acids is 1. The molecule has 114 valence electrons. The van der Waals surface area contributed by atoms with Crippen molar-refractivity contribution in [2.24, 2.45) is 0 Å². The number of ether oxygens (including phenoxy) is 1. The van der Waals surface area contributed by atoms with Gasteiger partial charge in [-0.15, -0.1) is 0 Å². The number of hydrogen-bond acceptors (Lipinski definition) is 3. The third-order valence-electron chi connectivity index (χ3n) is 3.54. The van der Waals surface area contributed by atoms with Crippen molar-refractivity contribution in [3.05, 3.63) is 33.3 Å². The summed E-state index contributed by atoms with van der Waals surface area (Å²) in [5, 5.41) is 9.32. The van der Waals surface area contributed by atoms with Gasteiger partial charge in [-0.3, -0.25) is 9.59 Å². The summed E-state index contributed by atoms with van der Waals surface area (Å²) in [7, 11) is 1.56. The quantitative estimate of drug-likeness (QED) is 0.877. The van der Waals surface area contributed by atoms with Gasteiger partial charge in [0.05, 0.1) is 23.1 Å². The van der Waals surface area contributed by atoms with E-state index in [1.807, 2.05) is 0 Å². The monoisotopic (exact) mass is 375 g/mol. The van der Waals surface area contributed by atoms with Crippen LogP contribution in [0.4, 0.5) is 0 Å². The van der Waals surface area contributed by atoms with E-state index in [4.69, 9.17) is 21.4 Å². The second kappa shape index (κ2) is 6.77. The lowest BCUT2D eigenvalue weighted by Gasteiger charge is -2.23. The highest BCUT2D eigenvalue weighted by molar-refractivity contribution is 9.10. The Labute approximate surface area is 136 Å². The van der Waals surface area contributed by atoms with Crippen molar-refractivity contribution in [1.29, 1.82) is 0 Å². The molecule has 0 radical (unpaired) electrons. The fourth-order valence-electron chi connectivity index (χ4n) is 2.51. The Morgan fingerprint density at radius 2 is 2.24 bits per heavy atom. The SMILES string of the molecule is COC1CC(CC(=O)O)N(C(=O)c2ccc(Br)cc2Cl)C1. The number of amides is 1. The molecule has 0 aliphatic carbocycles.